The Balaban J connectivity index is 1.25. The van der Waals surface area contributed by atoms with Crippen LogP contribution in [0.15, 0.2) is 35.4 Å². The molecule has 0 radical (unpaired) electrons. The van der Waals surface area contributed by atoms with Gasteiger partial charge in [-0.15, -0.1) is 23.1 Å². The number of halogens is 6. The van der Waals surface area contributed by atoms with E-state index in [1.54, 1.807) is 6.07 Å². The van der Waals surface area contributed by atoms with Crippen LogP contribution in [0.1, 0.15) is 64.9 Å². The van der Waals surface area contributed by atoms with Gasteiger partial charge < -0.3 is 10.2 Å². The number of aryl methyl sites for hydroxylation is 1. The van der Waals surface area contributed by atoms with Gasteiger partial charge in [0.1, 0.15) is 10.4 Å². The van der Waals surface area contributed by atoms with E-state index in [1.165, 1.54) is 16.7 Å². The maximum Gasteiger partial charge on any atom is 0.420 e. The lowest BCUT2D eigenvalue weighted by atomic mass is 9.88. The third-order valence-corrected chi connectivity index (χ3v) is 10.6. The minimum absolute atomic E-state index is 0.00177. The predicted octanol–water partition coefficient (Wildman–Crippen LogP) is 7.98. The molecule has 0 unspecified atom stereocenters. The number of hydrogen-bond acceptors (Lipinski definition) is 7. The summed E-state index contributed by atoms with van der Waals surface area (Å²) in [7, 11) is 0. The molecule has 14 heteroatoms. The summed E-state index contributed by atoms with van der Waals surface area (Å²) in [5, 5.41) is 3.09. The number of carbonyl (C=O) groups excluding carboxylic acids is 1. The van der Waals surface area contributed by atoms with Crippen LogP contribution in [-0.2, 0) is 12.6 Å². The first-order chi connectivity index (χ1) is 20.9. The molecule has 1 N–H and O–H groups in total. The van der Waals surface area contributed by atoms with Crippen molar-refractivity contribution in [3.05, 3.63) is 52.0 Å². The summed E-state index contributed by atoms with van der Waals surface area (Å²) in [6.45, 7) is 2.40. The molecule has 0 atom stereocenters. The standard InChI is InChI=1S/C30H31F6N5OS2/c1-2-17-13-19(18-7-9-40(10-8-18)16-29(31,32)33)3-6-22(17)38-28-37-15-21(30(34,35)36)25(39-28)23-14-24-26(44-23)27(42)41(11-12-43-24)20-4-5-20/h3,6,13-15,18,20H,2,4-5,7-12,16H2,1H3,(H,37,38,39). The van der Waals surface area contributed by atoms with Gasteiger partial charge in [0.05, 0.1) is 17.1 Å². The lowest BCUT2D eigenvalue weighted by Crippen LogP contribution is -2.39. The van der Waals surface area contributed by atoms with Crippen LogP contribution in [0.5, 0.6) is 0 Å². The van der Waals surface area contributed by atoms with Gasteiger partial charge in [0, 0.05) is 35.1 Å². The molecule has 6 nitrogen and oxygen atoms in total. The molecule has 2 aliphatic heterocycles. The summed E-state index contributed by atoms with van der Waals surface area (Å²) in [4.78, 5) is 26.2. The van der Waals surface area contributed by atoms with Crippen LogP contribution >= 0.6 is 23.1 Å². The topological polar surface area (TPSA) is 61.4 Å². The second-order valence-corrected chi connectivity index (χ2v) is 13.6. The molecule has 3 aliphatic rings. The van der Waals surface area contributed by atoms with E-state index in [-0.39, 0.29) is 34.4 Å². The highest BCUT2D eigenvalue weighted by atomic mass is 32.2. The number of thioether (sulfide) groups is 1. The number of aromatic nitrogens is 2. The van der Waals surface area contributed by atoms with Gasteiger partial charge in [-0.25, -0.2) is 9.97 Å². The van der Waals surface area contributed by atoms with Gasteiger partial charge in [0.15, 0.2) is 0 Å². The maximum absolute atomic E-state index is 14.1. The van der Waals surface area contributed by atoms with Crippen molar-refractivity contribution in [3.8, 4) is 10.6 Å². The molecule has 1 saturated heterocycles. The molecule has 1 aromatic carbocycles. The number of carbonyl (C=O) groups is 1. The number of thiophene rings is 1. The summed E-state index contributed by atoms with van der Waals surface area (Å²) in [6, 6.07) is 7.57. The lowest BCUT2D eigenvalue weighted by Gasteiger charge is -2.32. The van der Waals surface area contributed by atoms with Gasteiger partial charge >= 0.3 is 12.4 Å². The Morgan fingerprint density at radius 1 is 1.02 bits per heavy atom. The summed E-state index contributed by atoms with van der Waals surface area (Å²) >= 11 is 2.51. The number of hydrogen-bond donors (Lipinski definition) is 1. The number of amides is 1. The molecule has 2 fully saturated rings. The Kier molecular flexibility index (Phi) is 8.61. The molecule has 236 valence electrons. The van der Waals surface area contributed by atoms with Crippen molar-refractivity contribution >= 4 is 40.6 Å². The highest BCUT2D eigenvalue weighted by Gasteiger charge is 2.39. The Bertz CT molecular complexity index is 1530. The molecule has 0 spiro atoms. The number of alkyl halides is 6. The fourth-order valence-electron chi connectivity index (χ4n) is 5.89. The van der Waals surface area contributed by atoms with Crippen LogP contribution in [0, 0.1) is 0 Å². The van der Waals surface area contributed by atoms with E-state index in [2.05, 4.69) is 15.3 Å². The molecular weight excluding hydrogens is 624 g/mol. The van der Waals surface area contributed by atoms with Crippen molar-refractivity contribution in [2.45, 2.75) is 68.2 Å². The number of nitrogens with zero attached hydrogens (tertiary/aromatic N) is 4. The molecular formula is C30H31F6N5OS2. The fraction of sp³-hybridized carbons (Fsp3) is 0.500. The Labute approximate surface area is 259 Å². The first kappa shape index (κ1) is 31.2. The summed E-state index contributed by atoms with van der Waals surface area (Å²) in [6.07, 6.45) is -4.40. The number of fused-ring (bicyclic) bond motifs is 1. The predicted molar refractivity (Wildman–Crippen MR) is 159 cm³/mol. The van der Waals surface area contributed by atoms with Crippen LogP contribution in [-0.4, -0.2) is 69.8 Å². The molecule has 2 aromatic heterocycles. The lowest BCUT2D eigenvalue weighted by molar-refractivity contribution is -0.148. The van der Waals surface area contributed by atoms with Crippen LogP contribution in [0.4, 0.5) is 38.0 Å². The van der Waals surface area contributed by atoms with Crippen molar-refractivity contribution < 1.29 is 31.1 Å². The van der Waals surface area contributed by atoms with Crippen LogP contribution in [0.25, 0.3) is 10.6 Å². The number of rotatable bonds is 7. The molecule has 1 amide bonds. The Morgan fingerprint density at radius 2 is 1.77 bits per heavy atom. The monoisotopic (exact) mass is 655 g/mol. The third kappa shape index (κ3) is 6.86. The first-order valence-corrected chi connectivity index (χ1v) is 16.4. The van der Waals surface area contributed by atoms with Crippen molar-refractivity contribution in [2.75, 3.05) is 37.2 Å². The quantitative estimate of drug-likeness (QED) is 0.261. The Hall–Kier alpha value is -2.84. The van der Waals surface area contributed by atoms with E-state index >= 15 is 0 Å². The largest absolute Gasteiger partial charge is 0.420 e. The van der Waals surface area contributed by atoms with E-state index in [4.69, 9.17) is 0 Å². The second-order valence-electron chi connectivity index (χ2n) is 11.4. The zero-order valence-corrected chi connectivity index (χ0v) is 25.5. The Morgan fingerprint density at radius 3 is 2.43 bits per heavy atom. The molecule has 6 rings (SSSR count). The summed E-state index contributed by atoms with van der Waals surface area (Å²) < 4.78 is 80.7. The van der Waals surface area contributed by atoms with Gasteiger partial charge in [0.2, 0.25) is 5.95 Å². The highest BCUT2D eigenvalue weighted by Crippen LogP contribution is 2.44. The van der Waals surface area contributed by atoms with Gasteiger partial charge in [-0.3, -0.25) is 9.69 Å². The number of anilines is 2. The molecule has 0 bridgehead atoms. The van der Waals surface area contributed by atoms with Crippen molar-refractivity contribution in [1.29, 1.82) is 0 Å². The molecule has 4 heterocycles. The fourth-order valence-corrected chi connectivity index (χ4v) is 8.20. The van der Waals surface area contributed by atoms with E-state index in [9.17, 15) is 31.1 Å². The van der Waals surface area contributed by atoms with Crippen molar-refractivity contribution in [3.63, 3.8) is 0 Å². The normalized spacial score (nSPS) is 18.8. The average Bonchev–Trinajstić information content (AvgIpc) is 3.74. The third-order valence-electron chi connectivity index (χ3n) is 8.28. The summed E-state index contributed by atoms with van der Waals surface area (Å²) in [5.41, 5.74) is 1.31. The minimum atomic E-state index is -4.70. The molecule has 1 saturated carbocycles. The average molecular weight is 656 g/mol. The van der Waals surface area contributed by atoms with Gasteiger partial charge in [-0.2, -0.15) is 26.3 Å². The molecule has 1 aliphatic carbocycles. The SMILES string of the molecule is CCc1cc(C2CCN(CC(F)(F)F)CC2)ccc1Nc1ncc(C(F)(F)F)c(-c2cc3c(s2)C(=O)N(C2CC2)CCS3)n1. The zero-order chi connectivity index (χ0) is 31.2. The van der Waals surface area contributed by atoms with E-state index in [1.807, 2.05) is 30.0 Å². The second kappa shape index (κ2) is 12.2. The number of nitrogens with one attached hydrogen (secondary N) is 1. The number of benzene rings is 1. The smallest absolute Gasteiger partial charge is 0.334 e. The van der Waals surface area contributed by atoms with E-state index in [0.717, 1.165) is 41.5 Å². The van der Waals surface area contributed by atoms with Crippen molar-refractivity contribution in [2.24, 2.45) is 0 Å². The van der Waals surface area contributed by atoms with Crippen LogP contribution in [0.2, 0.25) is 0 Å². The maximum atomic E-state index is 14.1. The van der Waals surface area contributed by atoms with Gasteiger partial charge in [-0.1, -0.05) is 19.1 Å². The van der Waals surface area contributed by atoms with Crippen molar-refractivity contribution in [1.82, 2.24) is 19.8 Å². The first-order valence-electron chi connectivity index (χ1n) is 14.6. The molecule has 3 aromatic rings. The number of piperidine rings is 1. The summed E-state index contributed by atoms with van der Waals surface area (Å²) in [5.74, 6) is 0.663. The zero-order valence-electron chi connectivity index (χ0n) is 23.9. The van der Waals surface area contributed by atoms with E-state index < -0.39 is 24.5 Å². The molecule has 44 heavy (non-hydrogen) atoms. The van der Waals surface area contributed by atoms with Crippen LogP contribution in [0.3, 0.4) is 0 Å². The minimum Gasteiger partial charge on any atom is -0.334 e. The van der Waals surface area contributed by atoms with E-state index in [0.29, 0.717) is 60.1 Å². The van der Waals surface area contributed by atoms with Gasteiger partial charge in [0.25, 0.3) is 5.91 Å². The van der Waals surface area contributed by atoms with Crippen LogP contribution < -0.4 is 5.32 Å². The number of likely N-dealkylation sites (tertiary alicyclic amines) is 1. The highest BCUT2D eigenvalue weighted by molar-refractivity contribution is 7.99. The van der Waals surface area contributed by atoms with Gasteiger partial charge in [-0.05, 0) is 74.4 Å².